The van der Waals surface area contributed by atoms with Crippen molar-refractivity contribution in [3.8, 4) is 0 Å². The minimum atomic E-state index is 0.900. The predicted molar refractivity (Wildman–Crippen MR) is 83.3 cm³/mol. The summed E-state index contributed by atoms with van der Waals surface area (Å²) in [5.41, 5.74) is 0. The van der Waals surface area contributed by atoms with Crippen molar-refractivity contribution in [2.24, 2.45) is 41.4 Å². The molecule has 2 rings (SSSR count). The fourth-order valence-corrected chi connectivity index (χ4v) is 5.68. The summed E-state index contributed by atoms with van der Waals surface area (Å²) in [5.74, 6) is 8.27. The maximum absolute atomic E-state index is 2.54. The van der Waals surface area contributed by atoms with Crippen LogP contribution >= 0.6 is 0 Å². The number of rotatable bonds is 0. The Kier molecular flexibility index (Phi) is 3.92. The van der Waals surface area contributed by atoms with E-state index in [1.807, 2.05) is 0 Å². The largest absolute Gasteiger partial charge is 0.143 e. The average molecular weight is 248 g/mol. The Morgan fingerprint density at radius 3 is 1.44 bits per heavy atom. The highest BCUT2D eigenvalue weighted by Crippen LogP contribution is 2.59. The molecule has 9 atom stereocenters. The lowest BCUT2D eigenvalue weighted by Crippen LogP contribution is -2.53. The number of fused-ring (bicyclic) bond motifs is 1. The summed E-state index contributed by atoms with van der Waals surface area (Å²) in [6.07, 6.45) is 0. The van der Waals surface area contributed by atoms with Crippen molar-refractivity contribution in [1.29, 1.82) is 0 Å². The zero-order chi connectivity index (χ0) is 13.8. The van der Waals surface area contributed by atoms with Gasteiger partial charge in [-0.2, -0.15) is 0 Å². The van der Waals surface area contributed by atoms with Gasteiger partial charge in [-0.25, -0.2) is 0 Å². The first-order valence-electron chi connectivity index (χ1n) is 8.29. The molecule has 1 saturated heterocycles. The van der Waals surface area contributed by atoms with Gasteiger partial charge >= 0.3 is 0 Å². The van der Waals surface area contributed by atoms with Gasteiger partial charge in [-0.1, -0.05) is 66.9 Å². The molecule has 0 nitrogen and oxygen atoms in total. The smallest absolute Gasteiger partial charge is 0.0856 e. The van der Waals surface area contributed by atoms with Gasteiger partial charge in [0.1, 0.15) is 6.71 Å². The Balaban J connectivity index is 2.36. The molecule has 9 unspecified atom stereocenters. The van der Waals surface area contributed by atoms with Crippen LogP contribution in [0.3, 0.4) is 0 Å². The molecule has 1 aliphatic carbocycles. The molecule has 1 heterocycles. The average Bonchev–Trinajstić information content (AvgIpc) is 2.35. The summed E-state index contributed by atoms with van der Waals surface area (Å²) >= 11 is 0. The van der Waals surface area contributed by atoms with E-state index in [9.17, 15) is 0 Å². The monoisotopic (exact) mass is 248 g/mol. The van der Waals surface area contributed by atoms with Gasteiger partial charge in [-0.15, -0.1) is 0 Å². The van der Waals surface area contributed by atoms with Crippen LogP contribution in [0.1, 0.15) is 48.5 Å². The second kappa shape index (κ2) is 4.87. The molecule has 2 aliphatic rings. The standard InChI is InChI=1S/C17H33B/c1-9-10(2)12(4)17-15(7)18(8)14(6)13(5)16(17)11(9)3/h9-17H,1-8H3. The maximum Gasteiger partial charge on any atom is 0.143 e. The minimum Gasteiger partial charge on any atom is -0.0856 e. The van der Waals surface area contributed by atoms with E-state index in [0.717, 1.165) is 59.8 Å². The molecule has 18 heavy (non-hydrogen) atoms. The molecular formula is C17H33B. The van der Waals surface area contributed by atoms with Crippen LogP contribution in [0.25, 0.3) is 0 Å². The van der Waals surface area contributed by atoms with Gasteiger partial charge in [0.2, 0.25) is 0 Å². The van der Waals surface area contributed by atoms with Gasteiger partial charge in [0, 0.05) is 0 Å². The van der Waals surface area contributed by atoms with E-state index in [1.165, 1.54) is 0 Å². The van der Waals surface area contributed by atoms with Crippen LogP contribution in [0.2, 0.25) is 18.5 Å². The molecule has 2 fully saturated rings. The van der Waals surface area contributed by atoms with Crippen LogP contribution in [0, 0.1) is 41.4 Å². The molecule has 0 bridgehead atoms. The van der Waals surface area contributed by atoms with Gasteiger partial charge in [0.25, 0.3) is 0 Å². The highest BCUT2D eigenvalue weighted by molar-refractivity contribution is 6.60. The highest BCUT2D eigenvalue weighted by Gasteiger charge is 2.53. The zero-order valence-corrected chi connectivity index (χ0v) is 13.8. The lowest BCUT2D eigenvalue weighted by atomic mass is 9.25. The Morgan fingerprint density at radius 2 is 0.944 bits per heavy atom. The van der Waals surface area contributed by atoms with Crippen LogP contribution in [0.5, 0.6) is 0 Å². The van der Waals surface area contributed by atoms with Gasteiger partial charge < -0.3 is 0 Å². The van der Waals surface area contributed by atoms with Crippen molar-refractivity contribution in [3.63, 3.8) is 0 Å². The molecule has 0 aromatic heterocycles. The molecule has 1 saturated carbocycles. The Labute approximate surface area is 115 Å². The zero-order valence-electron chi connectivity index (χ0n) is 13.8. The van der Waals surface area contributed by atoms with Crippen molar-refractivity contribution in [2.45, 2.75) is 66.9 Å². The third kappa shape index (κ3) is 1.88. The summed E-state index contributed by atoms with van der Waals surface area (Å²) in [6.45, 7) is 21.1. The lowest BCUT2D eigenvalue weighted by Gasteiger charge is -2.58. The molecule has 104 valence electrons. The first-order valence-corrected chi connectivity index (χ1v) is 8.29. The summed E-state index contributed by atoms with van der Waals surface area (Å²) in [5, 5.41) is 0. The van der Waals surface area contributed by atoms with Crippen LogP contribution in [0.4, 0.5) is 0 Å². The Hall–Kier alpha value is 0.0649. The number of hydrogen-bond acceptors (Lipinski definition) is 0. The molecule has 0 radical (unpaired) electrons. The second-order valence-corrected chi connectivity index (χ2v) is 8.03. The number of hydrogen-bond donors (Lipinski definition) is 0. The van der Waals surface area contributed by atoms with Gasteiger partial charge in [0.15, 0.2) is 0 Å². The Morgan fingerprint density at radius 1 is 0.500 bits per heavy atom. The summed E-state index contributed by atoms with van der Waals surface area (Å²) < 4.78 is 0. The molecule has 0 N–H and O–H groups in total. The van der Waals surface area contributed by atoms with Crippen molar-refractivity contribution in [2.75, 3.05) is 0 Å². The van der Waals surface area contributed by atoms with Crippen LogP contribution in [0.15, 0.2) is 0 Å². The first kappa shape index (κ1) is 14.5. The van der Waals surface area contributed by atoms with E-state index in [2.05, 4.69) is 55.3 Å². The van der Waals surface area contributed by atoms with Crippen LogP contribution in [-0.2, 0) is 0 Å². The second-order valence-electron chi connectivity index (χ2n) is 8.03. The third-order valence-corrected chi connectivity index (χ3v) is 7.85. The fraction of sp³-hybridized carbons (Fsp3) is 1.00. The summed E-state index contributed by atoms with van der Waals surface area (Å²) in [7, 11) is 0. The SMILES string of the molecule is CB1C(C)C(C)C2C(C)C(C)C(C)C(C)C2C1C. The van der Waals surface area contributed by atoms with Crippen molar-refractivity contribution >= 4 is 6.71 Å². The first-order chi connectivity index (χ1) is 8.29. The van der Waals surface area contributed by atoms with E-state index in [4.69, 9.17) is 0 Å². The molecule has 0 spiro atoms. The van der Waals surface area contributed by atoms with E-state index in [1.54, 1.807) is 0 Å². The normalized spacial score (nSPS) is 57.3. The van der Waals surface area contributed by atoms with Crippen molar-refractivity contribution in [1.82, 2.24) is 0 Å². The summed E-state index contributed by atoms with van der Waals surface area (Å²) in [6, 6.07) is 0. The van der Waals surface area contributed by atoms with Gasteiger partial charge in [-0.05, 0) is 41.4 Å². The highest BCUT2D eigenvalue weighted by atomic mass is 14.5. The molecule has 0 amide bonds. The fourth-order valence-electron chi connectivity index (χ4n) is 5.68. The van der Waals surface area contributed by atoms with Gasteiger partial charge in [0.05, 0.1) is 0 Å². The van der Waals surface area contributed by atoms with Crippen molar-refractivity contribution in [3.05, 3.63) is 0 Å². The van der Waals surface area contributed by atoms with Gasteiger partial charge in [-0.3, -0.25) is 0 Å². The molecule has 1 aliphatic heterocycles. The molecule has 0 aromatic carbocycles. The van der Waals surface area contributed by atoms with Crippen LogP contribution < -0.4 is 0 Å². The third-order valence-electron chi connectivity index (χ3n) is 7.85. The minimum absolute atomic E-state index is 0.900. The van der Waals surface area contributed by atoms with E-state index >= 15 is 0 Å². The maximum atomic E-state index is 2.54. The lowest BCUT2D eigenvalue weighted by molar-refractivity contribution is -0.0274. The van der Waals surface area contributed by atoms with Crippen molar-refractivity contribution < 1.29 is 0 Å². The molecular weight excluding hydrogens is 215 g/mol. The van der Waals surface area contributed by atoms with E-state index in [0.29, 0.717) is 0 Å². The van der Waals surface area contributed by atoms with E-state index in [-0.39, 0.29) is 0 Å². The Bertz CT molecular complexity index is 242. The topological polar surface area (TPSA) is 0 Å². The predicted octanol–water partition coefficient (Wildman–Crippen LogP) is 5.33. The molecule has 1 heteroatoms. The molecule has 0 aromatic rings. The summed E-state index contributed by atoms with van der Waals surface area (Å²) in [4.78, 5) is 0. The van der Waals surface area contributed by atoms with E-state index < -0.39 is 0 Å². The van der Waals surface area contributed by atoms with Crippen LogP contribution in [-0.4, -0.2) is 6.71 Å². The quantitative estimate of drug-likeness (QED) is 0.508.